The first-order chi connectivity index (χ1) is 8.09. The van der Waals surface area contributed by atoms with E-state index in [1.54, 1.807) is 12.1 Å². The van der Waals surface area contributed by atoms with Crippen molar-refractivity contribution in [2.45, 2.75) is 25.0 Å². The summed E-state index contributed by atoms with van der Waals surface area (Å²) in [5, 5.41) is 22.7. The van der Waals surface area contributed by atoms with E-state index in [0.29, 0.717) is 13.1 Å². The van der Waals surface area contributed by atoms with Gasteiger partial charge in [0, 0.05) is 19.0 Å². The Morgan fingerprint density at radius 3 is 2.53 bits per heavy atom. The number of halogens is 1. The average molecular weight is 239 g/mol. The Balaban J connectivity index is 2.13. The lowest BCUT2D eigenvalue weighted by molar-refractivity contribution is -0.0409. The van der Waals surface area contributed by atoms with Gasteiger partial charge in [0.15, 0.2) is 0 Å². The lowest BCUT2D eigenvalue weighted by Crippen LogP contribution is -2.51. The summed E-state index contributed by atoms with van der Waals surface area (Å²) in [5.41, 5.74) is 0.978. The van der Waals surface area contributed by atoms with Crippen molar-refractivity contribution in [3.8, 4) is 0 Å². The zero-order chi connectivity index (χ0) is 12.4. The Bertz CT molecular complexity index is 368. The van der Waals surface area contributed by atoms with Crippen LogP contribution in [0, 0.1) is 11.7 Å². The summed E-state index contributed by atoms with van der Waals surface area (Å²) in [7, 11) is 0. The Hall–Kier alpha value is -0.970. The van der Waals surface area contributed by atoms with Crippen LogP contribution >= 0.6 is 0 Å². The number of piperidine rings is 1. The van der Waals surface area contributed by atoms with Gasteiger partial charge in [-0.3, -0.25) is 0 Å². The molecule has 1 aliphatic rings. The van der Waals surface area contributed by atoms with Crippen LogP contribution < -0.4 is 5.32 Å². The number of hydrogen-bond acceptors (Lipinski definition) is 3. The minimum atomic E-state index is -0.726. The third-order valence-electron chi connectivity index (χ3n) is 3.60. The van der Waals surface area contributed by atoms with E-state index < -0.39 is 12.2 Å². The third kappa shape index (κ3) is 2.65. The lowest BCUT2D eigenvalue weighted by atomic mass is 9.80. The molecule has 1 fully saturated rings. The largest absolute Gasteiger partial charge is 0.390 e. The number of nitrogens with one attached hydrogen (secondary N) is 1. The number of β-amino-alcohol motifs (C(OH)–C–C–N with tert-alkyl or cyclic N) is 1. The van der Waals surface area contributed by atoms with Gasteiger partial charge in [0.1, 0.15) is 5.82 Å². The predicted molar refractivity (Wildman–Crippen MR) is 63.2 cm³/mol. The van der Waals surface area contributed by atoms with Gasteiger partial charge in [-0.05, 0) is 23.6 Å². The molecule has 0 amide bonds. The molecule has 3 nitrogen and oxygen atoms in total. The van der Waals surface area contributed by atoms with E-state index in [1.165, 1.54) is 12.1 Å². The van der Waals surface area contributed by atoms with Crippen LogP contribution in [-0.4, -0.2) is 35.5 Å². The quantitative estimate of drug-likeness (QED) is 0.718. The summed E-state index contributed by atoms with van der Waals surface area (Å²) >= 11 is 0. The van der Waals surface area contributed by atoms with Gasteiger partial charge in [-0.25, -0.2) is 4.39 Å². The predicted octanol–water partition coefficient (Wildman–Crippen LogP) is 0.870. The molecule has 0 radical (unpaired) electrons. The third-order valence-corrected chi connectivity index (χ3v) is 3.60. The van der Waals surface area contributed by atoms with Crippen LogP contribution in [-0.2, 0) is 0 Å². The summed E-state index contributed by atoms with van der Waals surface area (Å²) < 4.78 is 12.8. The van der Waals surface area contributed by atoms with Gasteiger partial charge in [-0.2, -0.15) is 0 Å². The van der Waals surface area contributed by atoms with Gasteiger partial charge >= 0.3 is 0 Å². The molecular formula is C13H18FNO2. The highest BCUT2D eigenvalue weighted by Crippen LogP contribution is 2.29. The number of hydrogen-bond donors (Lipinski definition) is 3. The molecule has 0 aliphatic carbocycles. The fourth-order valence-corrected chi connectivity index (χ4v) is 2.41. The Morgan fingerprint density at radius 2 is 1.88 bits per heavy atom. The monoisotopic (exact) mass is 239 g/mol. The van der Waals surface area contributed by atoms with Gasteiger partial charge in [-0.1, -0.05) is 19.1 Å². The van der Waals surface area contributed by atoms with Crippen molar-refractivity contribution in [3.05, 3.63) is 35.6 Å². The smallest absolute Gasteiger partial charge is 0.123 e. The van der Waals surface area contributed by atoms with Gasteiger partial charge in [0.05, 0.1) is 12.2 Å². The molecule has 0 saturated carbocycles. The second kappa shape index (κ2) is 5.12. The number of benzene rings is 1. The molecule has 4 heteroatoms. The van der Waals surface area contributed by atoms with E-state index in [4.69, 9.17) is 0 Å². The SMILES string of the molecule is CC(c1ccc(F)cc1)[C@H]1CNC[C@@H](O)[C@@H]1O. The molecule has 1 aromatic carbocycles. The zero-order valence-corrected chi connectivity index (χ0v) is 9.81. The van der Waals surface area contributed by atoms with E-state index in [-0.39, 0.29) is 17.7 Å². The molecule has 17 heavy (non-hydrogen) atoms. The van der Waals surface area contributed by atoms with E-state index in [9.17, 15) is 14.6 Å². The van der Waals surface area contributed by atoms with Crippen molar-refractivity contribution in [1.29, 1.82) is 0 Å². The van der Waals surface area contributed by atoms with E-state index in [0.717, 1.165) is 5.56 Å². The first kappa shape index (κ1) is 12.5. The van der Waals surface area contributed by atoms with E-state index in [2.05, 4.69) is 5.32 Å². The van der Waals surface area contributed by atoms with Crippen molar-refractivity contribution in [3.63, 3.8) is 0 Å². The number of aliphatic hydroxyl groups excluding tert-OH is 2. The van der Waals surface area contributed by atoms with Crippen molar-refractivity contribution in [2.75, 3.05) is 13.1 Å². The Morgan fingerprint density at radius 1 is 1.24 bits per heavy atom. The van der Waals surface area contributed by atoms with Crippen LogP contribution in [0.4, 0.5) is 4.39 Å². The maximum absolute atomic E-state index is 12.8. The van der Waals surface area contributed by atoms with Crippen LogP contribution in [0.3, 0.4) is 0 Å². The molecule has 94 valence electrons. The maximum atomic E-state index is 12.8. The minimum absolute atomic E-state index is 0.0517. The molecule has 1 unspecified atom stereocenters. The lowest BCUT2D eigenvalue weighted by Gasteiger charge is -2.36. The molecule has 2 rings (SSSR count). The van der Waals surface area contributed by atoms with Gasteiger partial charge in [-0.15, -0.1) is 0 Å². The van der Waals surface area contributed by atoms with Crippen LogP contribution in [0.1, 0.15) is 18.4 Å². The molecule has 1 saturated heterocycles. The Labute approximate surface area is 100 Å². The van der Waals surface area contributed by atoms with Crippen LogP contribution in [0.25, 0.3) is 0 Å². The van der Waals surface area contributed by atoms with Crippen LogP contribution in [0.2, 0.25) is 0 Å². The second-order valence-electron chi connectivity index (χ2n) is 4.72. The highest BCUT2D eigenvalue weighted by Gasteiger charge is 2.34. The minimum Gasteiger partial charge on any atom is -0.390 e. The second-order valence-corrected chi connectivity index (χ2v) is 4.72. The van der Waals surface area contributed by atoms with E-state index in [1.807, 2.05) is 6.92 Å². The summed E-state index contributed by atoms with van der Waals surface area (Å²) in [6.45, 7) is 3.07. The fraction of sp³-hybridized carbons (Fsp3) is 0.538. The molecule has 1 heterocycles. The number of rotatable bonds is 2. The first-order valence-corrected chi connectivity index (χ1v) is 5.92. The summed E-state index contributed by atoms with van der Waals surface area (Å²) in [6.07, 6.45) is -1.45. The molecule has 3 N–H and O–H groups in total. The van der Waals surface area contributed by atoms with Gasteiger partial charge < -0.3 is 15.5 Å². The molecule has 1 aliphatic heterocycles. The standard InChI is InChI=1S/C13H18FNO2/c1-8(9-2-4-10(14)5-3-9)11-6-15-7-12(16)13(11)17/h2-5,8,11-13,15-17H,6-7H2,1H3/t8?,11-,12-,13-/m1/s1. The highest BCUT2D eigenvalue weighted by atomic mass is 19.1. The fourth-order valence-electron chi connectivity index (χ4n) is 2.41. The highest BCUT2D eigenvalue weighted by molar-refractivity contribution is 5.21. The average Bonchev–Trinajstić information content (AvgIpc) is 2.33. The Kier molecular flexibility index (Phi) is 3.76. The molecule has 0 spiro atoms. The maximum Gasteiger partial charge on any atom is 0.123 e. The number of aliphatic hydroxyl groups is 2. The summed E-state index contributed by atoms with van der Waals surface area (Å²) in [4.78, 5) is 0. The van der Waals surface area contributed by atoms with Gasteiger partial charge in [0.25, 0.3) is 0 Å². The van der Waals surface area contributed by atoms with Crippen molar-refractivity contribution >= 4 is 0 Å². The first-order valence-electron chi connectivity index (χ1n) is 5.92. The van der Waals surface area contributed by atoms with Crippen LogP contribution in [0.5, 0.6) is 0 Å². The van der Waals surface area contributed by atoms with Crippen molar-refractivity contribution in [1.82, 2.24) is 5.32 Å². The van der Waals surface area contributed by atoms with E-state index >= 15 is 0 Å². The normalized spacial score (nSPS) is 31.2. The van der Waals surface area contributed by atoms with Crippen molar-refractivity contribution < 1.29 is 14.6 Å². The molecule has 1 aromatic rings. The molecule has 0 aromatic heterocycles. The molecule has 0 bridgehead atoms. The summed E-state index contributed by atoms with van der Waals surface area (Å²) in [5.74, 6) is -0.236. The summed E-state index contributed by atoms with van der Waals surface area (Å²) in [6, 6.07) is 6.30. The van der Waals surface area contributed by atoms with Crippen LogP contribution in [0.15, 0.2) is 24.3 Å². The molecule has 4 atom stereocenters. The van der Waals surface area contributed by atoms with Crippen molar-refractivity contribution in [2.24, 2.45) is 5.92 Å². The topological polar surface area (TPSA) is 52.5 Å². The molecular weight excluding hydrogens is 221 g/mol. The van der Waals surface area contributed by atoms with Gasteiger partial charge in [0.2, 0.25) is 0 Å². The zero-order valence-electron chi connectivity index (χ0n) is 9.81.